The third-order valence-electron chi connectivity index (χ3n) is 2.26. The molecule has 2 aromatic carbocycles. The second-order valence-corrected chi connectivity index (χ2v) is 3.44. The van der Waals surface area contributed by atoms with Crippen LogP contribution in [0.2, 0.25) is 0 Å². The summed E-state index contributed by atoms with van der Waals surface area (Å²) in [5.41, 5.74) is 6.07. The topological polar surface area (TPSA) is 44.5 Å². The van der Waals surface area contributed by atoms with Crippen molar-refractivity contribution in [3.05, 3.63) is 48.3 Å². The number of nitrogens with two attached hydrogens (primary N) is 1. The first kappa shape index (κ1) is 11.3. The largest absolute Gasteiger partial charge is 0.493 e. The molecular formula is C13H12FNO2. The van der Waals surface area contributed by atoms with E-state index in [9.17, 15) is 4.39 Å². The predicted octanol–water partition coefficient (Wildman–Crippen LogP) is 3.21. The van der Waals surface area contributed by atoms with Gasteiger partial charge in [-0.05, 0) is 24.3 Å². The van der Waals surface area contributed by atoms with Crippen molar-refractivity contribution in [1.29, 1.82) is 0 Å². The molecule has 0 heterocycles. The SMILES string of the molecule is COc1ccccc1Oc1cc(F)ccc1N. The van der Waals surface area contributed by atoms with E-state index in [1.165, 1.54) is 25.3 Å². The first-order chi connectivity index (χ1) is 8.20. The van der Waals surface area contributed by atoms with Crippen LogP contribution in [0.4, 0.5) is 10.1 Å². The highest BCUT2D eigenvalue weighted by Gasteiger charge is 2.07. The Bertz CT molecular complexity index is 529. The first-order valence-corrected chi connectivity index (χ1v) is 5.06. The van der Waals surface area contributed by atoms with E-state index in [0.29, 0.717) is 17.2 Å². The van der Waals surface area contributed by atoms with Crippen LogP contribution in [0, 0.1) is 5.82 Å². The Morgan fingerprint density at radius 1 is 1.00 bits per heavy atom. The van der Waals surface area contributed by atoms with Gasteiger partial charge in [-0.25, -0.2) is 4.39 Å². The minimum absolute atomic E-state index is 0.273. The number of benzene rings is 2. The maximum atomic E-state index is 13.1. The van der Waals surface area contributed by atoms with E-state index in [1.807, 2.05) is 6.07 Å². The molecule has 2 rings (SSSR count). The molecule has 88 valence electrons. The fraction of sp³-hybridized carbons (Fsp3) is 0.0769. The lowest BCUT2D eigenvalue weighted by Crippen LogP contribution is -1.94. The Kier molecular flexibility index (Phi) is 3.14. The molecule has 0 aromatic heterocycles. The number of para-hydroxylation sites is 2. The zero-order valence-corrected chi connectivity index (χ0v) is 9.31. The number of ether oxygens (including phenoxy) is 2. The van der Waals surface area contributed by atoms with Crippen LogP contribution in [-0.2, 0) is 0 Å². The molecule has 0 saturated heterocycles. The average molecular weight is 233 g/mol. The molecule has 0 radical (unpaired) electrons. The summed E-state index contributed by atoms with van der Waals surface area (Å²) >= 11 is 0. The molecular weight excluding hydrogens is 221 g/mol. The fourth-order valence-corrected chi connectivity index (χ4v) is 1.42. The molecule has 0 aliphatic carbocycles. The Morgan fingerprint density at radius 3 is 2.41 bits per heavy atom. The molecule has 0 aliphatic heterocycles. The van der Waals surface area contributed by atoms with Gasteiger partial charge in [0.15, 0.2) is 17.2 Å². The molecule has 0 fully saturated rings. The molecule has 4 heteroatoms. The zero-order chi connectivity index (χ0) is 12.3. The summed E-state index contributed by atoms with van der Waals surface area (Å²) < 4.78 is 23.7. The van der Waals surface area contributed by atoms with Gasteiger partial charge in [0.1, 0.15) is 5.82 Å². The molecule has 0 saturated carbocycles. The van der Waals surface area contributed by atoms with Crippen LogP contribution >= 0.6 is 0 Å². The molecule has 2 aromatic rings. The van der Waals surface area contributed by atoms with Gasteiger partial charge in [0.25, 0.3) is 0 Å². The quantitative estimate of drug-likeness (QED) is 0.828. The van der Waals surface area contributed by atoms with Gasteiger partial charge >= 0.3 is 0 Å². The highest BCUT2D eigenvalue weighted by molar-refractivity contribution is 5.55. The summed E-state index contributed by atoms with van der Waals surface area (Å²) in [5, 5.41) is 0. The summed E-state index contributed by atoms with van der Waals surface area (Å²) in [5.74, 6) is 0.932. The first-order valence-electron chi connectivity index (χ1n) is 5.06. The van der Waals surface area contributed by atoms with E-state index in [2.05, 4.69) is 0 Å². The highest BCUT2D eigenvalue weighted by atomic mass is 19.1. The summed E-state index contributed by atoms with van der Waals surface area (Å²) in [6.45, 7) is 0. The lowest BCUT2D eigenvalue weighted by Gasteiger charge is -2.11. The molecule has 0 atom stereocenters. The van der Waals surface area contributed by atoms with Crippen LogP contribution < -0.4 is 15.2 Å². The van der Waals surface area contributed by atoms with Crippen molar-refractivity contribution in [1.82, 2.24) is 0 Å². The number of hydrogen-bond acceptors (Lipinski definition) is 3. The highest BCUT2D eigenvalue weighted by Crippen LogP contribution is 2.33. The number of halogens is 1. The maximum absolute atomic E-state index is 13.1. The minimum atomic E-state index is -0.399. The number of anilines is 1. The lowest BCUT2D eigenvalue weighted by molar-refractivity contribution is 0.378. The van der Waals surface area contributed by atoms with Crippen molar-refractivity contribution in [2.45, 2.75) is 0 Å². The van der Waals surface area contributed by atoms with E-state index in [-0.39, 0.29) is 5.75 Å². The van der Waals surface area contributed by atoms with Crippen molar-refractivity contribution in [3.8, 4) is 17.2 Å². The van der Waals surface area contributed by atoms with E-state index in [0.717, 1.165) is 0 Å². The maximum Gasteiger partial charge on any atom is 0.169 e. The molecule has 0 unspecified atom stereocenters. The second-order valence-electron chi connectivity index (χ2n) is 3.44. The summed E-state index contributed by atoms with van der Waals surface area (Å²) in [6.07, 6.45) is 0. The van der Waals surface area contributed by atoms with Gasteiger partial charge in [-0.1, -0.05) is 12.1 Å². The summed E-state index contributed by atoms with van der Waals surface area (Å²) in [7, 11) is 1.54. The summed E-state index contributed by atoms with van der Waals surface area (Å²) in [6, 6.07) is 11.1. The van der Waals surface area contributed by atoms with Crippen molar-refractivity contribution >= 4 is 5.69 Å². The van der Waals surface area contributed by atoms with Gasteiger partial charge < -0.3 is 15.2 Å². The minimum Gasteiger partial charge on any atom is -0.493 e. The van der Waals surface area contributed by atoms with Crippen LogP contribution in [0.1, 0.15) is 0 Å². The van der Waals surface area contributed by atoms with Crippen molar-refractivity contribution in [2.24, 2.45) is 0 Å². The van der Waals surface area contributed by atoms with Gasteiger partial charge in [0.2, 0.25) is 0 Å². The van der Waals surface area contributed by atoms with Crippen LogP contribution in [0.5, 0.6) is 17.2 Å². The number of methoxy groups -OCH3 is 1. The Hall–Kier alpha value is -2.23. The van der Waals surface area contributed by atoms with E-state index < -0.39 is 5.82 Å². The van der Waals surface area contributed by atoms with E-state index in [1.54, 1.807) is 18.2 Å². The molecule has 0 aliphatic rings. The summed E-state index contributed by atoms with van der Waals surface area (Å²) in [4.78, 5) is 0. The monoisotopic (exact) mass is 233 g/mol. The fourth-order valence-electron chi connectivity index (χ4n) is 1.42. The number of hydrogen-bond donors (Lipinski definition) is 1. The normalized spacial score (nSPS) is 10.0. The Morgan fingerprint density at radius 2 is 1.71 bits per heavy atom. The number of rotatable bonds is 3. The van der Waals surface area contributed by atoms with Gasteiger partial charge in [-0.3, -0.25) is 0 Å². The van der Waals surface area contributed by atoms with Gasteiger partial charge in [0, 0.05) is 6.07 Å². The lowest BCUT2D eigenvalue weighted by atomic mass is 10.3. The molecule has 0 spiro atoms. The van der Waals surface area contributed by atoms with Gasteiger partial charge in [0.05, 0.1) is 12.8 Å². The van der Waals surface area contributed by atoms with Crippen LogP contribution in [0.15, 0.2) is 42.5 Å². The number of nitrogen functional groups attached to an aromatic ring is 1. The van der Waals surface area contributed by atoms with Crippen molar-refractivity contribution in [3.63, 3.8) is 0 Å². The molecule has 0 amide bonds. The van der Waals surface area contributed by atoms with E-state index >= 15 is 0 Å². The van der Waals surface area contributed by atoms with Gasteiger partial charge in [-0.2, -0.15) is 0 Å². The van der Waals surface area contributed by atoms with Crippen LogP contribution in [0.3, 0.4) is 0 Å². The second kappa shape index (κ2) is 4.74. The third-order valence-corrected chi connectivity index (χ3v) is 2.26. The van der Waals surface area contributed by atoms with E-state index in [4.69, 9.17) is 15.2 Å². The molecule has 2 N–H and O–H groups in total. The smallest absolute Gasteiger partial charge is 0.169 e. The standard InChI is InChI=1S/C13H12FNO2/c1-16-11-4-2-3-5-12(11)17-13-8-9(14)6-7-10(13)15/h2-8H,15H2,1H3. The van der Waals surface area contributed by atoms with Crippen molar-refractivity contribution in [2.75, 3.05) is 12.8 Å². The van der Waals surface area contributed by atoms with Crippen LogP contribution in [0.25, 0.3) is 0 Å². The molecule has 17 heavy (non-hydrogen) atoms. The third kappa shape index (κ3) is 2.47. The van der Waals surface area contributed by atoms with Crippen molar-refractivity contribution < 1.29 is 13.9 Å². The van der Waals surface area contributed by atoms with Crippen LogP contribution in [-0.4, -0.2) is 7.11 Å². The molecule has 0 bridgehead atoms. The Balaban J connectivity index is 2.34. The predicted molar refractivity (Wildman–Crippen MR) is 63.9 cm³/mol. The average Bonchev–Trinajstić information content (AvgIpc) is 2.34. The molecule has 3 nitrogen and oxygen atoms in total. The Labute approximate surface area is 98.6 Å². The van der Waals surface area contributed by atoms with Gasteiger partial charge in [-0.15, -0.1) is 0 Å². The zero-order valence-electron chi connectivity index (χ0n) is 9.31.